The Balaban J connectivity index is 2.05. The Morgan fingerprint density at radius 1 is 1.22 bits per heavy atom. The first kappa shape index (κ1) is 16.2. The van der Waals surface area contributed by atoms with Gasteiger partial charge in [0, 0.05) is 18.7 Å². The highest BCUT2D eigenvalue weighted by Gasteiger charge is 2.07. The maximum atomic E-state index is 11.9. The normalized spacial score (nSPS) is 11.0. The van der Waals surface area contributed by atoms with Crippen LogP contribution in [-0.4, -0.2) is 11.0 Å². The Bertz CT molecular complexity index is 751. The van der Waals surface area contributed by atoms with E-state index in [1.165, 1.54) is 13.0 Å². The van der Waals surface area contributed by atoms with E-state index < -0.39 is 11.0 Å². The Hall–Kier alpha value is -3.15. The third-order valence-corrected chi connectivity index (χ3v) is 3.03. The second-order valence-corrected chi connectivity index (χ2v) is 5.00. The Kier molecular flexibility index (Phi) is 5.09. The van der Waals surface area contributed by atoms with E-state index in [4.69, 9.17) is 4.74 Å². The number of aryl methyl sites for hydroxylation is 1. The topological polar surface area (TPSA) is 81.5 Å². The highest BCUT2D eigenvalue weighted by molar-refractivity contribution is 5.86. The molecule has 0 spiro atoms. The number of rotatable bonds is 4. The van der Waals surface area contributed by atoms with Crippen LogP contribution in [0.3, 0.4) is 0 Å². The van der Waals surface area contributed by atoms with Crippen LogP contribution in [0, 0.1) is 17.0 Å². The van der Waals surface area contributed by atoms with Gasteiger partial charge in [-0.25, -0.2) is 4.79 Å². The predicted octanol–water partition coefficient (Wildman–Crippen LogP) is 4.24. The lowest BCUT2D eigenvalue weighted by Crippen LogP contribution is -2.16. The van der Waals surface area contributed by atoms with E-state index in [1.807, 2.05) is 19.1 Å². The zero-order valence-corrected chi connectivity index (χ0v) is 12.8. The van der Waals surface area contributed by atoms with Crippen LogP contribution < -0.4 is 10.1 Å². The Labute approximate surface area is 133 Å². The number of hydrogen-bond donors (Lipinski definition) is 1. The Morgan fingerprint density at radius 3 is 2.57 bits per heavy atom. The lowest BCUT2D eigenvalue weighted by Gasteiger charge is -2.07. The number of carbonyl (C=O) groups is 1. The zero-order chi connectivity index (χ0) is 16.8. The maximum absolute atomic E-state index is 11.9. The molecule has 0 aliphatic carbocycles. The number of ether oxygens (including phenoxy) is 1. The second-order valence-electron chi connectivity index (χ2n) is 5.00. The van der Waals surface area contributed by atoms with Crippen LogP contribution in [0.15, 0.2) is 54.2 Å². The molecule has 0 saturated heterocycles. The molecular formula is C17H16N2O4. The molecule has 0 radical (unpaired) electrons. The molecule has 23 heavy (non-hydrogen) atoms. The number of nitrogens with zero attached hydrogens (tertiary/aromatic N) is 1. The lowest BCUT2D eigenvalue weighted by molar-refractivity contribution is -0.422. The molecule has 2 rings (SSSR count). The fourth-order valence-corrected chi connectivity index (χ4v) is 1.85. The summed E-state index contributed by atoms with van der Waals surface area (Å²) in [7, 11) is 0. The van der Waals surface area contributed by atoms with Gasteiger partial charge in [0.1, 0.15) is 5.75 Å². The second kappa shape index (κ2) is 7.22. The monoisotopic (exact) mass is 312 g/mol. The molecule has 0 aromatic heterocycles. The molecule has 0 unspecified atom stereocenters. The summed E-state index contributed by atoms with van der Waals surface area (Å²) >= 11 is 0. The summed E-state index contributed by atoms with van der Waals surface area (Å²) in [5, 5.41) is 13.2. The van der Waals surface area contributed by atoms with Crippen LogP contribution >= 0.6 is 0 Å². The largest absolute Gasteiger partial charge is 0.417 e. The van der Waals surface area contributed by atoms with Crippen molar-refractivity contribution < 1.29 is 14.5 Å². The van der Waals surface area contributed by atoms with Crippen molar-refractivity contribution in [3.8, 4) is 5.75 Å². The van der Waals surface area contributed by atoms with Crippen LogP contribution in [0.1, 0.15) is 18.1 Å². The van der Waals surface area contributed by atoms with Crippen molar-refractivity contribution in [1.29, 1.82) is 0 Å². The molecule has 0 fully saturated rings. The van der Waals surface area contributed by atoms with Gasteiger partial charge < -0.3 is 4.74 Å². The SMILES string of the molecule is CC(=Cc1cccc(OC(=O)Nc2ccc(C)cc2)c1)[N+](=O)[O-]. The number of benzene rings is 2. The molecule has 0 aliphatic rings. The molecule has 2 aromatic carbocycles. The van der Waals surface area contributed by atoms with Gasteiger partial charge in [-0.1, -0.05) is 29.8 Å². The highest BCUT2D eigenvalue weighted by atomic mass is 16.6. The van der Waals surface area contributed by atoms with Gasteiger partial charge in [0.2, 0.25) is 5.70 Å². The van der Waals surface area contributed by atoms with Crippen LogP contribution in [0.4, 0.5) is 10.5 Å². The van der Waals surface area contributed by atoms with Crippen LogP contribution in [-0.2, 0) is 0 Å². The van der Waals surface area contributed by atoms with Gasteiger partial charge in [-0.2, -0.15) is 0 Å². The average Bonchev–Trinajstić information content (AvgIpc) is 2.49. The minimum absolute atomic E-state index is 0.00579. The minimum atomic E-state index is -0.624. The first-order valence-electron chi connectivity index (χ1n) is 6.92. The van der Waals surface area contributed by atoms with Gasteiger partial charge >= 0.3 is 6.09 Å². The lowest BCUT2D eigenvalue weighted by atomic mass is 10.2. The summed E-state index contributed by atoms with van der Waals surface area (Å²) in [6.07, 6.45) is 0.783. The van der Waals surface area contributed by atoms with Crippen LogP contribution in [0.25, 0.3) is 6.08 Å². The van der Waals surface area contributed by atoms with Crippen molar-refractivity contribution in [3.63, 3.8) is 0 Å². The molecule has 2 aromatic rings. The zero-order valence-electron chi connectivity index (χ0n) is 12.8. The van der Waals surface area contributed by atoms with E-state index in [2.05, 4.69) is 5.32 Å². The molecule has 118 valence electrons. The summed E-state index contributed by atoms with van der Waals surface area (Å²) in [6, 6.07) is 13.8. The minimum Gasteiger partial charge on any atom is -0.410 e. The average molecular weight is 312 g/mol. The Morgan fingerprint density at radius 2 is 1.91 bits per heavy atom. The summed E-state index contributed by atoms with van der Waals surface area (Å²) in [6.45, 7) is 3.35. The summed E-state index contributed by atoms with van der Waals surface area (Å²) in [5.74, 6) is 0.305. The third-order valence-electron chi connectivity index (χ3n) is 3.03. The highest BCUT2D eigenvalue weighted by Crippen LogP contribution is 2.17. The molecule has 0 atom stereocenters. The van der Waals surface area contributed by atoms with Gasteiger partial charge in [0.25, 0.3) is 0 Å². The smallest absolute Gasteiger partial charge is 0.410 e. The standard InChI is InChI=1S/C17H16N2O4/c1-12-6-8-15(9-7-12)18-17(20)23-16-5-3-4-14(11-16)10-13(2)19(21)22/h3-11H,1-2H3,(H,18,20). The molecule has 0 bridgehead atoms. The third kappa shape index (κ3) is 4.96. The van der Waals surface area contributed by atoms with E-state index in [-0.39, 0.29) is 5.70 Å². The molecule has 6 heteroatoms. The molecule has 1 amide bonds. The van der Waals surface area contributed by atoms with E-state index in [0.717, 1.165) is 5.56 Å². The molecule has 0 aliphatic heterocycles. The fourth-order valence-electron chi connectivity index (χ4n) is 1.85. The number of carbonyl (C=O) groups excluding carboxylic acids is 1. The van der Waals surface area contributed by atoms with Crippen molar-refractivity contribution >= 4 is 17.9 Å². The first-order chi connectivity index (χ1) is 10.9. The molecule has 0 saturated carbocycles. The maximum Gasteiger partial charge on any atom is 0.417 e. The van der Waals surface area contributed by atoms with Gasteiger partial charge in [-0.3, -0.25) is 15.4 Å². The summed E-state index contributed by atoms with van der Waals surface area (Å²) in [5.41, 5.74) is 2.30. The van der Waals surface area contributed by atoms with Gasteiger partial charge in [0.15, 0.2) is 0 Å². The van der Waals surface area contributed by atoms with Crippen LogP contribution in [0.2, 0.25) is 0 Å². The summed E-state index contributed by atoms with van der Waals surface area (Å²) in [4.78, 5) is 22.0. The molecule has 0 heterocycles. The van der Waals surface area contributed by atoms with E-state index in [9.17, 15) is 14.9 Å². The predicted molar refractivity (Wildman–Crippen MR) is 87.9 cm³/mol. The summed E-state index contributed by atoms with van der Waals surface area (Å²) < 4.78 is 5.18. The number of amides is 1. The van der Waals surface area contributed by atoms with Gasteiger partial charge in [-0.15, -0.1) is 0 Å². The van der Waals surface area contributed by atoms with Crippen molar-refractivity contribution in [2.75, 3.05) is 5.32 Å². The number of hydrogen-bond acceptors (Lipinski definition) is 4. The van der Waals surface area contributed by atoms with Gasteiger partial charge in [0.05, 0.1) is 4.92 Å². The number of anilines is 1. The van der Waals surface area contributed by atoms with Crippen molar-refractivity contribution in [1.82, 2.24) is 0 Å². The van der Waals surface area contributed by atoms with E-state index >= 15 is 0 Å². The van der Waals surface area contributed by atoms with Crippen molar-refractivity contribution in [2.24, 2.45) is 0 Å². The van der Waals surface area contributed by atoms with Crippen LogP contribution in [0.5, 0.6) is 5.75 Å². The molecule has 1 N–H and O–H groups in total. The van der Waals surface area contributed by atoms with E-state index in [0.29, 0.717) is 17.0 Å². The molecular weight excluding hydrogens is 296 g/mol. The van der Waals surface area contributed by atoms with Gasteiger partial charge in [-0.05, 0) is 36.8 Å². The quantitative estimate of drug-likeness (QED) is 0.676. The first-order valence-corrected chi connectivity index (χ1v) is 6.92. The number of nitro groups is 1. The number of allylic oxidation sites excluding steroid dienone is 1. The van der Waals surface area contributed by atoms with E-state index in [1.54, 1.807) is 36.4 Å². The number of nitrogens with one attached hydrogen (secondary N) is 1. The van der Waals surface area contributed by atoms with Crippen molar-refractivity contribution in [2.45, 2.75) is 13.8 Å². The van der Waals surface area contributed by atoms with Crippen molar-refractivity contribution in [3.05, 3.63) is 75.5 Å². The molecule has 6 nitrogen and oxygen atoms in total. The fraction of sp³-hybridized carbons (Fsp3) is 0.118.